The van der Waals surface area contributed by atoms with Gasteiger partial charge in [0.05, 0.1) is 31.2 Å². The Morgan fingerprint density at radius 2 is 1.83 bits per heavy atom. The molecule has 1 aliphatic heterocycles. The maximum absolute atomic E-state index is 13.1. The Kier molecular flexibility index (Phi) is 10.9. The number of nitrogens with zero attached hydrogens (tertiary/aromatic N) is 2. The van der Waals surface area contributed by atoms with Gasteiger partial charge in [-0.05, 0) is 61.7 Å². The van der Waals surface area contributed by atoms with Crippen LogP contribution in [0, 0.1) is 5.82 Å². The number of halogens is 1. The Labute approximate surface area is 237 Å². The van der Waals surface area contributed by atoms with E-state index in [4.69, 9.17) is 9.57 Å². The summed E-state index contributed by atoms with van der Waals surface area (Å²) in [4.78, 5) is 42.5. The van der Waals surface area contributed by atoms with Crippen LogP contribution in [-0.2, 0) is 31.0 Å². The van der Waals surface area contributed by atoms with Crippen molar-refractivity contribution in [3.63, 3.8) is 0 Å². The molecule has 41 heavy (non-hydrogen) atoms. The lowest BCUT2D eigenvalue weighted by Gasteiger charge is -2.24. The molecule has 1 fully saturated rings. The standard InChI is InChI=1S/C27H33FN4O8S/c1-4-22(23-6-5-15-29-23)30-27(35)21-16-20(11-12-24(21)39-2)41(37,38)32(36)26(34)14-13-25(33)31(40-3)17-18-7-9-19(28)10-8-18/h7-14,16,22-23,29,36H,4-6,15,17H2,1-3H3,(H,30,35). The molecule has 2 unspecified atom stereocenters. The first kappa shape index (κ1) is 31.7. The first-order chi connectivity index (χ1) is 19.5. The van der Waals surface area contributed by atoms with Crippen LogP contribution >= 0.6 is 0 Å². The van der Waals surface area contributed by atoms with Crippen molar-refractivity contribution in [2.24, 2.45) is 0 Å². The van der Waals surface area contributed by atoms with Crippen molar-refractivity contribution in [2.45, 2.75) is 49.7 Å². The maximum Gasteiger partial charge on any atom is 0.289 e. The number of carbonyl (C=O) groups is 3. The molecule has 2 atom stereocenters. The summed E-state index contributed by atoms with van der Waals surface area (Å²) in [6.07, 6.45) is 3.76. The number of hydroxylamine groups is 3. The van der Waals surface area contributed by atoms with Gasteiger partial charge in [-0.3, -0.25) is 24.4 Å². The first-order valence-electron chi connectivity index (χ1n) is 12.8. The molecule has 2 aromatic rings. The number of methoxy groups -OCH3 is 1. The van der Waals surface area contributed by atoms with Gasteiger partial charge in [-0.1, -0.05) is 19.1 Å². The molecule has 12 nitrogen and oxygen atoms in total. The Bertz CT molecular complexity index is 1380. The molecule has 1 aliphatic rings. The summed E-state index contributed by atoms with van der Waals surface area (Å²) in [6, 6.07) is 8.44. The van der Waals surface area contributed by atoms with Crippen molar-refractivity contribution in [1.29, 1.82) is 0 Å². The van der Waals surface area contributed by atoms with Gasteiger partial charge >= 0.3 is 0 Å². The minimum atomic E-state index is -4.85. The van der Waals surface area contributed by atoms with Gasteiger partial charge in [-0.2, -0.15) is 8.42 Å². The normalized spacial score (nSPS) is 15.9. The molecule has 0 saturated carbocycles. The van der Waals surface area contributed by atoms with Crippen LogP contribution in [0.1, 0.15) is 42.1 Å². The van der Waals surface area contributed by atoms with E-state index < -0.39 is 42.9 Å². The summed E-state index contributed by atoms with van der Waals surface area (Å²) in [6.45, 7) is 2.67. The van der Waals surface area contributed by atoms with Gasteiger partial charge in [0, 0.05) is 24.2 Å². The van der Waals surface area contributed by atoms with Crippen LogP contribution < -0.4 is 15.4 Å². The van der Waals surface area contributed by atoms with Crippen molar-refractivity contribution in [3.8, 4) is 5.75 Å². The lowest BCUT2D eigenvalue weighted by atomic mass is 10.0. The number of carbonyl (C=O) groups excluding carboxylic acids is 3. The molecule has 222 valence electrons. The second-order valence-corrected chi connectivity index (χ2v) is 10.9. The molecule has 0 aliphatic carbocycles. The highest BCUT2D eigenvalue weighted by Gasteiger charge is 2.30. The number of ether oxygens (including phenoxy) is 1. The number of hydrogen-bond donors (Lipinski definition) is 3. The number of rotatable bonds is 12. The van der Waals surface area contributed by atoms with Crippen molar-refractivity contribution in [2.75, 3.05) is 20.8 Å². The third kappa shape index (κ3) is 7.88. The van der Waals surface area contributed by atoms with E-state index in [1.54, 1.807) is 0 Å². The molecule has 0 radical (unpaired) electrons. The molecular weight excluding hydrogens is 559 g/mol. The van der Waals surface area contributed by atoms with Gasteiger partial charge in [0.2, 0.25) is 0 Å². The monoisotopic (exact) mass is 592 g/mol. The predicted molar refractivity (Wildman–Crippen MR) is 144 cm³/mol. The molecule has 1 heterocycles. The van der Waals surface area contributed by atoms with Crippen molar-refractivity contribution >= 4 is 27.7 Å². The van der Waals surface area contributed by atoms with E-state index in [-0.39, 0.29) is 29.9 Å². The molecule has 14 heteroatoms. The minimum absolute atomic E-state index is 0.0756. The minimum Gasteiger partial charge on any atom is -0.496 e. The summed E-state index contributed by atoms with van der Waals surface area (Å²) in [7, 11) is -2.33. The Morgan fingerprint density at radius 3 is 2.41 bits per heavy atom. The molecule has 1 saturated heterocycles. The highest BCUT2D eigenvalue weighted by Crippen LogP contribution is 2.25. The molecular formula is C27H33FN4O8S. The van der Waals surface area contributed by atoms with Gasteiger partial charge < -0.3 is 15.4 Å². The number of benzene rings is 2. The molecule has 3 N–H and O–H groups in total. The maximum atomic E-state index is 13.1. The third-order valence-electron chi connectivity index (χ3n) is 6.54. The zero-order chi connectivity index (χ0) is 30.2. The Morgan fingerprint density at radius 1 is 1.15 bits per heavy atom. The fourth-order valence-corrected chi connectivity index (χ4v) is 5.31. The highest BCUT2D eigenvalue weighted by molar-refractivity contribution is 7.89. The van der Waals surface area contributed by atoms with Crippen molar-refractivity contribution in [3.05, 3.63) is 71.6 Å². The lowest BCUT2D eigenvalue weighted by Crippen LogP contribution is -2.47. The summed E-state index contributed by atoms with van der Waals surface area (Å²) in [5.41, 5.74) is 0.421. The molecule has 0 spiro atoms. The van der Waals surface area contributed by atoms with Crippen LogP contribution in [0.4, 0.5) is 4.39 Å². The molecule has 3 amide bonds. The third-order valence-corrected chi connectivity index (χ3v) is 8.03. The van der Waals surface area contributed by atoms with E-state index >= 15 is 0 Å². The fraction of sp³-hybridized carbons (Fsp3) is 0.370. The molecule has 3 rings (SSSR count). The number of nitrogens with one attached hydrogen (secondary N) is 2. The number of amides is 3. The second kappa shape index (κ2) is 14.2. The largest absolute Gasteiger partial charge is 0.496 e. The summed E-state index contributed by atoms with van der Waals surface area (Å²) in [5.74, 6) is -3.24. The first-order valence-corrected chi connectivity index (χ1v) is 14.2. The molecule has 0 aromatic heterocycles. The van der Waals surface area contributed by atoms with Crippen LogP contribution in [-0.4, -0.2) is 73.7 Å². The highest BCUT2D eigenvalue weighted by atomic mass is 32.2. The van der Waals surface area contributed by atoms with E-state index in [2.05, 4.69) is 10.6 Å². The average molecular weight is 593 g/mol. The zero-order valence-corrected chi connectivity index (χ0v) is 23.7. The Balaban J connectivity index is 1.75. The van der Waals surface area contributed by atoms with Gasteiger partial charge in [0.25, 0.3) is 27.7 Å². The van der Waals surface area contributed by atoms with Crippen LogP contribution in [0.3, 0.4) is 0 Å². The fourth-order valence-electron chi connectivity index (χ4n) is 4.31. The van der Waals surface area contributed by atoms with Crippen molar-refractivity contribution in [1.82, 2.24) is 20.2 Å². The average Bonchev–Trinajstić information content (AvgIpc) is 3.52. The van der Waals surface area contributed by atoms with Gasteiger partial charge in [-0.15, -0.1) is 4.47 Å². The van der Waals surface area contributed by atoms with E-state index in [9.17, 15) is 32.4 Å². The predicted octanol–water partition coefficient (Wildman–Crippen LogP) is 2.15. The summed E-state index contributed by atoms with van der Waals surface area (Å²) < 4.78 is 43.9. The summed E-state index contributed by atoms with van der Waals surface area (Å²) >= 11 is 0. The second-order valence-electron chi connectivity index (χ2n) is 9.16. The van der Waals surface area contributed by atoms with E-state index in [0.717, 1.165) is 36.6 Å². The van der Waals surface area contributed by atoms with Crippen LogP contribution in [0.15, 0.2) is 59.5 Å². The van der Waals surface area contributed by atoms with E-state index in [1.165, 1.54) is 44.6 Å². The quantitative estimate of drug-likeness (QED) is 0.191. The van der Waals surface area contributed by atoms with E-state index in [0.29, 0.717) is 24.1 Å². The van der Waals surface area contributed by atoms with Crippen molar-refractivity contribution < 1.29 is 42.0 Å². The Hall–Kier alpha value is -3.85. The smallest absolute Gasteiger partial charge is 0.289 e. The SMILES string of the molecule is CCC(NC(=O)c1cc(S(=O)(=O)N(O)C(=O)C=CC(=O)N(Cc2ccc(F)cc2)OC)ccc1OC)C1CCCN1. The molecule has 0 bridgehead atoms. The van der Waals surface area contributed by atoms with E-state index in [1.807, 2.05) is 6.92 Å². The van der Waals surface area contributed by atoms with Crippen LogP contribution in [0.2, 0.25) is 0 Å². The summed E-state index contributed by atoms with van der Waals surface area (Å²) in [5, 5.41) is 17.3. The topological polar surface area (TPSA) is 155 Å². The lowest BCUT2D eigenvalue weighted by molar-refractivity contribution is -0.173. The van der Waals surface area contributed by atoms with Crippen LogP contribution in [0.25, 0.3) is 0 Å². The number of sulfonamides is 1. The van der Waals surface area contributed by atoms with Crippen LogP contribution in [0.5, 0.6) is 5.75 Å². The van der Waals surface area contributed by atoms with Gasteiger partial charge in [0.15, 0.2) is 0 Å². The van der Waals surface area contributed by atoms with Gasteiger partial charge in [-0.25, -0.2) is 9.45 Å². The molecule has 2 aromatic carbocycles. The zero-order valence-electron chi connectivity index (χ0n) is 22.9. The number of hydrogen-bond acceptors (Lipinski definition) is 9. The van der Waals surface area contributed by atoms with Gasteiger partial charge in [0.1, 0.15) is 11.6 Å².